The van der Waals surface area contributed by atoms with Crippen molar-refractivity contribution < 1.29 is 38.2 Å². The molecule has 4 aromatic rings. The number of aryl methyl sites for hydroxylation is 2. The average molecular weight is 662 g/mol. The summed E-state index contributed by atoms with van der Waals surface area (Å²) in [5.41, 5.74) is 5.30. The van der Waals surface area contributed by atoms with Crippen molar-refractivity contribution in [2.75, 3.05) is 23.8 Å². The van der Waals surface area contributed by atoms with E-state index in [0.717, 1.165) is 27.2 Å². The Balaban J connectivity index is 1.29. The largest absolute Gasteiger partial charge is 0.454 e. The highest BCUT2D eigenvalue weighted by atomic mass is 16.5. The number of ether oxygens (including phenoxy) is 2. The predicted octanol–water partition coefficient (Wildman–Crippen LogP) is 5.10. The Hall–Kier alpha value is -6.10. The predicted molar refractivity (Wildman–Crippen MR) is 181 cm³/mol. The van der Waals surface area contributed by atoms with Gasteiger partial charge in [0.15, 0.2) is 13.2 Å². The number of amides is 4. The molecule has 1 aliphatic rings. The lowest BCUT2D eigenvalue weighted by Crippen LogP contribution is -2.47. The molecule has 5 rings (SSSR count). The number of esters is 2. The van der Waals surface area contributed by atoms with Gasteiger partial charge in [-0.3, -0.25) is 24.1 Å². The third-order valence-corrected chi connectivity index (χ3v) is 8.45. The maximum absolute atomic E-state index is 13.7. The van der Waals surface area contributed by atoms with E-state index in [1.165, 1.54) is 18.2 Å². The number of nitrogens with one attached hydrogen (secondary N) is 2. The van der Waals surface area contributed by atoms with Gasteiger partial charge in [0.05, 0.1) is 16.7 Å². The first-order chi connectivity index (χ1) is 23.4. The van der Waals surface area contributed by atoms with E-state index < -0.39 is 54.8 Å². The summed E-state index contributed by atoms with van der Waals surface area (Å²) in [7, 11) is 0. The van der Waals surface area contributed by atoms with Crippen LogP contribution in [-0.4, -0.2) is 59.7 Å². The Labute approximate surface area is 283 Å². The van der Waals surface area contributed by atoms with Gasteiger partial charge in [-0.15, -0.1) is 0 Å². The number of hydrogen-bond acceptors (Lipinski definition) is 8. The molecule has 0 aromatic heterocycles. The summed E-state index contributed by atoms with van der Waals surface area (Å²) in [4.78, 5) is 79.6. The van der Waals surface area contributed by atoms with Gasteiger partial charge in [0.25, 0.3) is 23.6 Å². The highest BCUT2D eigenvalue weighted by molar-refractivity contribution is 6.23. The smallest absolute Gasteiger partial charge is 0.338 e. The zero-order valence-corrected chi connectivity index (χ0v) is 27.5. The quantitative estimate of drug-likeness (QED) is 0.167. The van der Waals surface area contributed by atoms with Crippen LogP contribution in [0.15, 0.2) is 84.9 Å². The third-order valence-electron chi connectivity index (χ3n) is 8.45. The highest BCUT2D eigenvalue weighted by Gasteiger charge is 2.44. The minimum absolute atomic E-state index is 0.0206. The van der Waals surface area contributed by atoms with Crippen LogP contribution in [0.1, 0.15) is 58.9 Å². The number of carbonyl (C=O) groups excluding carboxylic acids is 6. The van der Waals surface area contributed by atoms with Gasteiger partial charge in [0.2, 0.25) is 0 Å². The molecule has 1 heterocycles. The van der Waals surface area contributed by atoms with E-state index >= 15 is 0 Å². The second-order valence-electron chi connectivity index (χ2n) is 11.7. The van der Waals surface area contributed by atoms with Crippen molar-refractivity contribution in [1.82, 2.24) is 4.90 Å². The number of carbonyl (C=O) groups is 6. The third kappa shape index (κ3) is 7.73. The van der Waals surface area contributed by atoms with Crippen molar-refractivity contribution in [2.45, 2.75) is 40.2 Å². The summed E-state index contributed by atoms with van der Waals surface area (Å²) in [5, 5.41) is 5.42. The molecule has 0 spiro atoms. The van der Waals surface area contributed by atoms with Crippen LogP contribution >= 0.6 is 0 Å². The number of nitrogens with zero attached hydrogens (tertiary/aromatic N) is 1. The van der Waals surface area contributed by atoms with Crippen LogP contribution in [0, 0.1) is 27.7 Å². The van der Waals surface area contributed by atoms with Crippen molar-refractivity contribution >= 4 is 46.9 Å². The fraction of sp³-hybridized carbons (Fsp3) is 0.211. The average Bonchev–Trinajstić information content (AvgIpc) is 3.34. The molecule has 0 fully saturated rings. The Morgan fingerprint density at radius 1 is 0.653 bits per heavy atom. The van der Waals surface area contributed by atoms with E-state index in [9.17, 15) is 28.8 Å². The molecular formula is C38H35N3O8. The molecule has 11 nitrogen and oxygen atoms in total. The van der Waals surface area contributed by atoms with Crippen LogP contribution in [-0.2, 0) is 30.3 Å². The molecule has 11 heteroatoms. The van der Waals surface area contributed by atoms with Crippen molar-refractivity contribution in [3.63, 3.8) is 0 Å². The topological polar surface area (TPSA) is 148 Å². The summed E-state index contributed by atoms with van der Waals surface area (Å²) >= 11 is 0. The van der Waals surface area contributed by atoms with Gasteiger partial charge in [0, 0.05) is 17.8 Å². The number of imide groups is 1. The monoisotopic (exact) mass is 661 g/mol. The van der Waals surface area contributed by atoms with Crippen molar-refractivity contribution in [3.8, 4) is 0 Å². The molecule has 1 aliphatic heterocycles. The summed E-state index contributed by atoms with van der Waals surface area (Å²) in [6.45, 7) is 6.30. The first-order valence-electron chi connectivity index (χ1n) is 15.6. The van der Waals surface area contributed by atoms with Crippen LogP contribution in [0.2, 0.25) is 0 Å². The molecule has 0 saturated carbocycles. The molecule has 0 radical (unpaired) electrons. The Bertz CT molecular complexity index is 1970. The standard InChI is InChI=1S/C38H35N3O8/c1-22-10-8-14-30(24(22)3)39-33(42)20-48-37(46)27-16-17-28-29(19-27)36(45)41(35(28)44)32(18-26-12-6-5-7-13-26)38(47)49-21-34(43)40-31-15-9-11-23(2)25(31)4/h5-17,19,32H,18,20-21H2,1-4H3,(H,39,42)(H,40,43). The molecule has 2 N–H and O–H groups in total. The fourth-order valence-electron chi connectivity index (χ4n) is 5.38. The van der Waals surface area contributed by atoms with Gasteiger partial charge in [-0.2, -0.15) is 0 Å². The Morgan fingerprint density at radius 3 is 1.80 bits per heavy atom. The minimum atomic E-state index is -1.41. The fourth-order valence-corrected chi connectivity index (χ4v) is 5.38. The van der Waals surface area contributed by atoms with Gasteiger partial charge in [-0.05, 0) is 85.8 Å². The van der Waals surface area contributed by atoms with Crippen molar-refractivity contribution in [3.05, 3.63) is 129 Å². The van der Waals surface area contributed by atoms with Gasteiger partial charge < -0.3 is 20.1 Å². The lowest BCUT2D eigenvalue weighted by molar-refractivity contribution is -0.151. The summed E-state index contributed by atoms with van der Waals surface area (Å²) in [6, 6.07) is 22.0. The molecule has 0 aliphatic carbocycles. The molecule has 0 bridgehead atoms. The Kier molecular flexibility index (Phi) is 10.3. The SMILES string of the molecule is Cc1cccc(NC(=O)COC(=O)c2ccc3c(c2)C(=O)N(C(Cc2ccccc2)C(=O)OCC(=O)Nc2cccc(C)c2C)C3=O)c1C. The molecule has 4 aromatic carbocycles. The lowest BCUT2D eigenvalue weighted by Gasteiger charge is -2.24. The zero-order chi connectivity index (χ0) is 35.2. The number of benzene rings is 4. The highest BCUT2D eigenvalue weighted by Crippen LogP contribution is 2.28. The first-order valence-corrected chi connectivity index (χ1v) is 15.6. The second kappa shape index (κ2) is 14.8. The summed E-state index contributed by atoms with van der Waals surface area (Å²) in [5.74, 6) is -4.55. The Morgan fingerprint density at radius 2 is 1.20 bits per heavy atom. The number of rotatable bonds is 11. The number of hydrogen-bond donors (Lipinski definition) is 2. The van der Waals surface area contributed by atoms with E-state index in [1.807, 2.05) is 39.8 Å². The van der Waals surface area contributed by atoms with Gasteiger partial charge in [-0.25, -0.2) is 9.59 Å². The summed E-state index contributed by atoms with van der Waals surface area (Å²) < 4.78 is 10.5. The normalized spacial score (nSPS) is 12.6. The molecule has 0 saturated heterocycles. The summed E-state index contributed by atoms with van der Waals surface area (Å²) in [6.07, 6.45) is -0.0752. The van der Waals surface area contributed by atoms with E-state index in [2.05, 4.69) is 10.6 Å². The van der Waals surface area contributed by atoms with E-state index in [1.54, 1.807) is 54.6 Å². The van der Waals surface area contributed by atoms with Crippen LogP contribution in [0.5, 0.6) is 0 Å². The van der Waals surface area contributed by atoms with Crippen LogP contribution in [0.25, 0.3) is 0 Å². The van der Waals surface area contributed by atoms with Gasteiger partial charge >= 0.3 is 11.9 Å². The van der Waals surface area contributed by atoms with Gasteiger partial charge in [0.1, 0.15) is 6.04 Å². The number of anilines is 2. The molecule has 4 amide bonds. The minimum Gasteiger partial charge on any atom is -0.454 e. The van der Waals surface area contributed by atoms with Crippen LogP contribution in [0.4, 0.5) is 11.4 Å². The molecule has 1 unspecified atom stereocenters. The van der Waals surface area contributed by atoms with Crippen LogP contribution in [0.3, 0.4) is 0 Å². The van der Waals surface area contributed by atoms with E-state index in [0.29, 0.717) is 16.9 Å². The van der Waals surface area contributed by atoms with Crippen molar-refractivity contribution in [2.24, 2.45) is 0 Å². The van der Waals surface area contributed by atoms with Gasteiger partial charge in [-0.1, -0.05) is 54.6 Å². The maximum Gasteiger partial charge on any atom is 0.338 e. The first kappa shape index (κ1) is 34.2. The van der Waals surface area contributed by atoms with E-state index in [-0.39, 0.29) is 23.1 Å². The number of fused-ring (bicyclic) bond motifs is 1. The molecule has 49 heavy (non-hydrogen) atoms. The second-order valence-corrected chi connectivity index (χ2v) is 11.7. The molecule has 1 atom stereocenters. The lowest BCUT2D eigenvalue weighted by atomic mass is 10.0. The molecular weight excluding hydrogens is 626 g/mol. The van der Waals surface area contributed by atoms with Crippen molar-refractivity contribution in [1.29, 1.82) is 0 Å². The molecule has 250 valence electrons. The zero-order valence-electron chi connectivity index (χ0n) is 27.5. The van der Waals surface area contributed by atoms with E-state index in [4.69, 9.17) is 9.47 Å². The maximum atomic E-state index is 13.7. The van der Waals surface area contributed by atoms with Crippen LogP contribution < -0.4 is 10.6 Å².